The minimum atomic E-state index is -2.20. The van der Waals surface area contributed by atoms with Gasteiger partial charge in [-0.1, -0.05) is 0 Å². The molecule has 0 saturated heterocycles. The molecule has 38 heavy (non-hydrogen) atoms. The molecule has 1 heterocycles. The van der Waals surface area contributed by atoms with Crippen molar-refractivity contribution in [2.45, 2.75) is 12.8 Å². The van der Waals surface area contributed by atoms with Crippen LogP contribution in [0.4, 0.5) is 0 Å². The molecule has 0 unspecified atom stereocenters. The normalized spacial score (nSPS) is 11.4. The van der Waals surface area contributed by atoms with Gasteiger partial charge in [0.2, 0.25) is 0 Å². The topological polar surface area (TPSA) is 48.7 Å². The van der Waals surface area contributed by atoms with Gasteiger partial charge in [0.1, 0.15) is 0 Å². The summed E-state index contributed by atoms with van der Waals surface area (Å²) < 4.78 is 18.5. The van der Waals surface area contributed by atoms with E-state index in [1.165, 1.54) is 11.1 Å². The summed E-state index contributed by atoms with van der Waals surface area (Å²) in [5.74, 6) is 1.44. The molecule has 0 spiro atoms. The van der Waals surface area contributed by atoms with Gasteiger partial charge in [-0.15, -0.1) is 0 Å². The van der Waals surface area contributed by atoms with Gasteiger partial charge in [-0.2, -0.15) is 0 Å². The van der Waals surface area contributed by atoms with Gasteiger partial charge in [0.15, 0.2) is 0 Å². The first kappa shape index (κ1) is 26.3. The van der Waals surface area contributed by atoms with E-state index in [1.807, 2.05) is 54.6 Å². The van der Waals surface area contributed by atoms with Crippen molar-refractivity contribution in [3.05, 3.63) is 131 Å². The molecule has 0 fully saturated rings. The number of aryl methyl sites for hydroxylation is 2. The molecule has 0 N–H and O–H groups in total. The second-order valence-corrected chi connectivity index (χ2v) is 16.0. The van der Waals surface area contributed by atoms with E-state index in [-0.39, 0.29) is 11.2 Å². The van der Waals surface area contributed by atoms with Crippen LogP contribution in [-0.2, 0) is 12.8 Å². The molecule has 0 aliphatic rings. The molecular weight excluding hydrogens is 558 g/mol. The van der Waals surface area contributed by atoms with E-state index in [0.29, 0.717) is 16.7 Å². The minimum absolute atomic E-state index is 0.156. The number of fused-ring (bicyclic) bond motifs is 1. The van der Waals surface area contributed by atoms with Crippen molar-refractivity contribution in [1.82, 2.24) is 0 Å². The van der Waals surface area contributed by atoms with Crippen molar-refractivity contribution in [2.75, 3.05) is 19.4 Å². The Balaban J connectivity index is 1.56. The van der Waals surface area contributed by atoms with Gasteiger partial charge in [-0.3, -0.25) is 0 Å². The molecule has 5 rings (SSSR count). The average molecular weight is 588 g/mol. The quantitative estimate of drug-likeness (QED) is 0.127. The zero-order valence-electron chi connectivity index (χ0n) is 21.2. The molecule has 4 nitrogen and oxygen atoms in total. The van der Waals surface area contributed by atoms with Crippen molar-refractivity contribution >= 4 is 31.8 Å². The Hall–Kier alpha value is -3.36. The summed E-state index contributed by atoms with van der Waals surface area (Å²) in [6.45, 7) is 0. The van der Waals surface area contributed by atoms with Gasteiger partial charge in [-0.05, 0) is 0 Å². The molecule has 0 bridgehead atoms. The average Bonchev–Trinajstić information content (AvgIpc) is 2.98. The zero-order valence-corrected chi connectivity index (χ0v) is 23.8. The summed E-state index contributed by atoms with van der Waals surface area (Å²) in [4.78, 5) is 13.9. The summed E-state index contributed by atoms with van der Waals surface area (Å²) in [6, 6.07) is 35.6. The zero-order chi connectivity index (χ0) is 26.4. The Morgan fingerprint density at radius 2 is 1.29 bits per heavy atom. The van der Waals surface area contributed by atoms with Gasteiger partial charge in [0.25, 0.3) is 0 Å². The molecule has 1 aromatic heterocycles. The molecular formula is C32H29O4PSe. The number of ether oxygens (including phenoxy) is 1. The number of methoxy groups -OCH3 is 1. The number of rotatable bonds is 10. The van der Waals surface area contributed by atoms with Crippen LogP contribution >= 0.6 is 5.74 Å². The molecule has 0 atom stereocenters. The first-order chi connectivity index (χ1) is 18.5. The maximum absolute atomic E-state index is 13.9. The fourth-order valence-corrected chi connectivity index (χ4v) is 8.12. The van der Waals surface area contributed by atoms with Crippen molar-refractivity contribution in [1.29, 1.82) is 0 Å². The van der Waals surface area contributed by atoms with Crippen molar-refractivity contribution in [2.24, 2.45) is 0 Å². The van der Waals surface area contributed by atoms with Crippen LogP contribution in [0.2, 0.25) is 0 Å². The van der Waals surface area contributed by atoms with Gasteiger partial charge >= 0.3 is 231 Å². The monoisotopic (exact) mass is 588 g/mol. The predicted octanol–water partition coefficient (Wildman–Crippen LogP) is 7.35. The first-order valence-electron chi connectivity index (χ1n) is 12.6. The van der Waals surface area contributed by atoms with E-state index in [2.05, 4.69) is 63.6 Å². The molecule has 4 aromatic carbocycles. The first-order valence-corrected chi connectivity index (χ1v) is 16.9. The summed E-state index contributed by atoms with van der Waals surface area (Å²) >= 11 is 3.44. The van der Waals surface area contributed by atoms with Gasteiger partial charge < -0.3 is 0 Å². The van der Waals surface area contributed by atoms with Crippen LogP contribution in [0.5, 0.6) is 11.5 Å². The molecule has 0 aliphatic carbocycles. The summed E-state index contributed by atoms with van der Waals surface area (Å²) in [6.07, 6.45) is 3.32. The van der Waals surface area contributed by atoms with Crippen molar-refractivity contribution < 1.29 is 13.7 Å². The van der Waals surface area contributed by atoms with Gasteiger partial charge in [0.05, 0.1) is 0 Å². The standard InChI is InChI=1S/C32H29O4PSe/c1-34-27-18-16-26(17-19-27)31-32(30(33)28-14-8-9-15-29(28)35-31)36-37(38,22-20-24-10-4-2-5-11-24)23-21-25-12-6-3-7-13-25/h2-19H,20-23H2,1H3. The molecule has 6 heteroatoms. The Bertz CT molecular complexity index is 1570. The van der Waals surface area contributed by atoms with Crippen LogP contribution in [-0.4, -0.2) is 34.5 Å². The van der Waals surface area contributed by atoms with Crippen LogP contribution < -0.4 is 14.7 Å². The van der Waals surface area contributed by atoms with Crippen LogP contribution in [0, 0.1) is 0 Å². The summed E-state index contributed by atoms with van der Waals surface area (Å²) in [5.41, 5.74) is 1.44. The number of benzene rings is 4. The Kier molecular flexibility index (Phi) is 8.29. The van der Waals surface area contributed by atoms with Crippen LogP contribution in [0.1, 0.15) is 11.1 Å². The maximum atomic E-state index is 13.9. The number of hydrogen-bond acceptors (Lipinski definition) is 4. The molecule has 0 amide bonds. The van der Waals surface area contributed by atoms with E-state index in [0.717, 1.165) is 36.5 Å². The van der Waals surface area contributed by atoms with Crippen molar-refractivity contribution in [3.63, 3.8) is 0 Å². The molecule has 0 radical (unpaired) electrons. The third kappa shape index (κ3) is 6.19. The SMILES string of the molecule is COc1ccc(-c2oc3ccccc3c(=O)c2OP(=[Se])(CCc2ccccc2)CCc2ccccc2)cc1. The third-order valence-corrected chi connectivity index (χ3v) is 11.6. The van der Waals surface area contributed by atoms with E-state index in [1.54, 1.807) is 13.2 Å². The van der Waals surface area contributed by atoms with Crippen LogP contribution in [0.3, 0.4) is 0 Å². The Morgan fingerprint density at radius 3 is 1.87 bits per heavy atom. The molecule has 0 aliphatic heterocycles. The molecule has 0 saturated carbocycles. The van der Waals surface area contributed by atoms with Crippen LogP contribution in [0.15, 0.2) is 118 Å². The third-order valence-electron chi connectivity index (χ3n) is 6.53. The summed E-state index contributed by atoms with van der Waals surface area (Å²) in [7, 11) is 1.63. The van der Waals surface area contributed by atoms with E-state index in [9.17, 15) is 4.79 Å². The van der Waals surface area contributed by atoms with E-state index < -0.39 is 5.74 Å². The van der Waals surface area contributed by atoms with Crippen molar-refractivity contribution in [3.8, 4) is 22.8 Å². The van der Waals surface area contributed by atoms with Crippen LogP contribution in [0.25, 0.3) is 22.3 Å². The number of para-hydroxylation sites is 1. The van der Waals surface area contributed by atoms with E-state index >= 15 is 0 Å². The molecule has 192 valence electrons. The molecule has 5 aromatic rings. The fourth-order valence-electron chi connectivity index (χ4n) is 4.40. The second-order valence-electron chi connectivity index (χ2n) is 9.14. The fraction of sp³-hybridized carbons (Fsp3) is 0.156. The summed E-state index contributed by atoms with van der Waals surface area (Å²) in [5, 5.41) is 0.512. The number of hydrogen-bond donors (Lipinski definition) is 0. The Labute approximate surface area is 230 Å². The van der Waals surface area contributed by atoms with Gasteiger partial charge in [0, 0.05) is 0 Å². The predicted molar refractivity (Wildman–Crippen MR) is 158 cm³/mol. The van der Waals surface area contributed by atoms with E-state index in [4.69, 9.17) is 13.7 Å². The Morgan fingerprint density at radius 1 is 0.737 bits per heavy atom. The second kappa shape index (κ2) is 12.0. The van der Waals surface area contributed by atoms with Gasteiger partial charge in [-0.25, -0.2) is 0 Å².